The number of hydrogen-bond acceptors (Lipinski definition) is 4. The van der Waals surface area contributed by atoms with Gasteiger partial charge in [0.1, 0.15) is 0 Å². The van der Waals surface area contributed by atoms with Crippen LogP contribution in [0, 0.1) is 6.92 Å². The van der Waals surface area contributed by atoms with E-state index in [0.717, 1.165) is 17.1 Å². The van der Waals surface area contributed by atoms with Crippen LogP contribution in [0.1, 0.15) is 27.7 Å². The van der Waals surface area contributed by atoms with Gasteiger partial charge in [-0.05, 0) is 23.9 Å². The number of ether oxygens (including phenoxy) is 1. The molecule has 2 aromatic heterocycles. The van der Waals surface area contributed by atoms with Crippen molar-refractivity contribution in [3.8, 4) is 5.88 Å². The molecule has 2 heterocycles. The zero-order chi connectivity index (χ0) is 16.2. The third-order valence-corrected chi connectivity index (χ3v) is 4.86. The summed E-state index contributed by atoms with van der Waals surface area (Å²) in [5.41, 5.74) is 3.36. The molecule has 0 aliphatic heterocycles. The number of aromatic nitrogens is 2. The van der Waals surface area contributed by atoms with Crippen molar-refractivity contribution in [3.05, 3.63) is 69.5 Å². The molecule has 1 atom stereocenters. The van der Waals surface area contributed by atoms with E-state index in [4.69, 9.17) is 4.74 Å². The number of nitrogens with zero attached hydrogens (tertiary/aromatic N) is 2. The maximum Gasteiger partial charge on any atom is 0.216 e. The van der Waals surface area contributed by atoms with E-state index in [1.54, 1.807) is 23.1 Å². The average molecular weight is 327 g/mol. The Morgan fingerprint density at radius 3 is 2.65 bits per heavy atom. The summed E-state index contributed by atoms with van der Waals surface area (Å²) < 4.78 is 7.28. The summed E-state index contributed by atoms with van der Waals surface area (Å²) in [6, 6.07) is 14.9. The summed E-state index contributed by atoms with van der Waals surface area (Å²) in [6.07, 6.45) is 0. The maximum absolute atomic E-state index is 5.49. The minimum Gasteiger partial charge on any atom is -0.481 e. The van der Waals surface area contributed by atoms with Crippen LogP contribution >= 0.6 is 11.3 Å². The largest absolute Gasteiger partial charge is 0.481 e. The van der Waals surface area contributed by atoms with Crippen molar-refractivity contribution in [1.29, 1.82) is 0 Å². The van der Waals surface area contributed by atoms with E-state index < -0.39 is 0 Å². The minimum atomic E-state index is 0.167. The summed E-state index contributed by atoms with van der Waals surface area (Å²) in [5, 5.41) is 10.2. The van der Waals surface area contributed by atoms with Crippen LogP contribution in [0.25, 0.3) is 0 Å². The molecule has 120 valence electrons. The van der Waals surface area contributed by atoms with Gasteiger partial charge in [0.2, 0.25) is 5.88 Å². The van der Waals surface area contributed by atoms with Crippen molar-refractivity contribution in [2.75, 3.05) is 7.11 Å². The predicted molar refractivity (Wildman–Crippen MR) is 93.9 cm³/mol. The van der Waals surface area contributed by atoms with Gasteiger partial charge >= 0.3 is 0 Å². The first-order valence-electron chi connectivity index (χ1n) is 7.59. The van der Waals surface area contributed by atoms with Gasteiger partial charge in [-0.3, -0.25) is 0 Å². The molecule has 3 aromatic rings. The van der Waals surface area contributed by atoms with E-state index in [2.05, 4.69) is 52.2 Å². The fraction of sp³-hybridized carbons (Fsp3) is 0.278. The third-order valence-electron chi connectivity index (χ3n) is 3.93. The topological polar surface area (TPSA) is 39.1 Å². The molecule has 0 radical (unpaired) electrons. The second kappa shape index (κ2) is 6.98. The van der Waals surface area contributed by atoms with E-state index in [-0.39, 0.29) is 6.04 Å². The molecule has 3 rings (SSSR count). The Hall–Kier alpha value is -2.11. The molecular formula is C18H21N3OS. The molecule has 1 N–H and O–H groups in total. The highest BCUT2D eigenvalue weighted by Crippen LogP contribution is 2.28. The zero-order valence-electron chi connectivity index (χ0n) is 13.6. The number of nitrogens with one attached hydrogen (secondary N) is 1. The van der Waals surface area contributed by atoms with E-state index in [9.17, 15) is 0 Å². The molecule has 0 fully saturated rings. The molecule has 23 heavy (non-hydrogen) atoms. The van der Waals surface area contributed by atoms with Crippen LogP contribution in [-0.2, 0) is 13.6 Å². The summed E-state index contributed by atoms with van der Waals surface area (Å²) >= 11 is 1.77. The first kappa shape index (κ1) is 15.8. The van der Waals surface area contributed by atoms with Gasteiger partial charge in [0.15, 0.2) is 0 Å². The highest BCUT2D eigenvalue weighted by atomic mass is 32.1. The maximum atomic E-state index is 5.49. The van der Waals surface area contributed by atoms with Crippen LogP contribution in [0.15, 0.2) is 47.8 Å². The monoisotopic (exact) mass is 327 g/mol. The summed E-state index contributed by atoms with van der Waals surface area (Å²) in [5.74, 6) is 0.813. The van der Waals surface area contributed by atoms with Gasteiger partial charge in [0.05, 0.1) is 24.4 Å². The lowest BCUT2D eigenvalue weighted by Crippen LogP contribution is -2.21. The van der Waals surface area contributed by atoms with Gasteiger partial charge < -0.3 is 10.1 Å². The van der Waals surface area contributed by atoms with Crippen molar-refractivity contribution in [3.63, 3.8) is 0 Å². The van der Waals surface area contributed by atoms with Crippen molar-refractivity contribution in [2.45, 2.75) is 19.5 Å². The van der Waals surface area contributed by atoms with Gasteiger partial charge in [-0.15, -0.1) is 11.3 Å². The molecular weight excluding hydrogens is 306 g/mol. The first-order valence-corrected chi connectivity index (χ1v) is 8.47. The molecule has 0 spiro atoms. The normalized spacial score (nSPS) is 12.3. The highest BCUT2D eigenvalue weighted by Gasteiger charge is 2.18. The first-order chi connectivity index (χ1) is 11.2. The molecule has 0 aliphatic rings. The van der Waals surface area contributed by atoms with E-state index in [1.165, 1.54) is 10.4 Å². The van der Waals surface area contributed by atoms with Crippen LogP contribution in [0.4, 0.5) is 0 Å². The highest BCUT2D eigenvalue weighted by molar-refractivity contribution is 7.10. The lowest BCUT2D eigenvalue weighted by Gasteiger charge is -2.18. The number of rotatable bonds is 6. The molecule has 0 bridgehead atoms. The average Bonchev–Trinajstić information content (AvgIpc) is 3.17. The summed E-state index contributed by atoms with van der Waals surface area (Å²) in [4.78, 5) is 1.30. The van der Waals surface area contributed by atoms with Gasteiger partial charge in [-0.2, -0.15) is 5.10 Å². The number of methoxy groups -OCH3 is 1. The Morgan fingerprint density at radius 2 is 2.00 bits per heavy atom. The SMILES string of the molecule is COc1c(CN[C@@H](c2ccccc2)c2cccs2)c(C)nn1C. The van der Waals surface area contributed by atoms with Gasteiger partial charge in [-0.25, -0.2) is 4.68 Å². The summed E-state index contributed by atoms with van der Waals surface area (Å²) in [6.45, 7) is 2.72. The molecule has 4 nitrogen and oxygen atoms in total. The second-order valence-electron chi connectivity index (χ2n) is 5.44. The van der Waals surface area contributed by atoms with Crippen LogP contribution in [0.5, 0.6) is 5.88 Å². The second-order valence-corrected chi connectivity index (χ2v) is 6.42. The smallest absolute Gasteiger partial charge is 0.216 e. The van der Waals surface area contributed by atoms with E-state index >= 15 is 0 Å². The molecule has 0 amide bonds. The fourth-order valence-electron chi connectivity index (χ4n) is 2.83. The number of thiophene rings is 1. The quantitative estimate of drug-likeness (QED) is 0.751. The molecule has 0 saturated heterocycles. The van der Waals surface area contributed by atoms with E-state index in [1.807, 2.05) is 20.0 Å². The van der Waals surface area contributed by atoms with Crippen molar-refractivity contribution >= 4 is 11.3 Å². The Labute approximate surface area is 140 Å². The molecule has 0 aliphatic carbocycles. The van der Waals surface area contributed by atoms with Crippen LogP contribution in [0.2, 0.25) is 0 Å². The summed E-state index contributed by atoms with van der Waals surface area (Å²) in [7, 11) is 3.59. The Morgan fingerprint density at radius 1 is 1.22 bits per heavy atom. The molecule has 1 aromatic carbocycles. The van der Waals surface area contributed by atoms with Gasteiger partial charge in [0, 0.05) is 18.5 Å². The lowest BCUT2D eigenvalue weighted by molar-refractivity contribution is 0.367. The third kappa shape index (κ3) is 3.30. The Kier molecular flexibility index (Phi) is 4.79. The molecule has 0 unspecified atom stereocenters. The lowest BCUT2D eigenvalue weighted by atomic mass is 10.0. The minimum absolute atomic E-state index is 0.167. The number of aryl methyl sites for hydroxylation is 2. The van der Waals surface area contributed by atoms with E-state index in [0.29, 0.717) is 6.54 Å². The zero-order valence-corrected chi connectivity index (χ0v) is 14.4. The van der Waals surface area contributed by atoms with Crippen molar-refractivity contribution < 1.29 is 4.74 Å². The number of benzene rings is 1. The van der Waals surface area contributed by atoms with Crippen molar-refractivity contribution in [2.24, 2.45) is 7.05 Å². The van der Waals surface area contributed by atoms with Gasteiger partial charge in [-0.1, -0.05) is 36.4 Å². The van der Waals surface area contributed by atoms with Crippen LogP contribution in [-0.4, -0.2) is 16.9 Å². The van der Waals surface area contributed by atoms with Gasteiger partial charge in [0.25, 0.3) is 0 Å². The predicted octanol–water partition coefficient (Wildman–Crippen LogP) is 3.68. The molecule has 5 heteroatoms. The van der Waals surface area contributed by atoms with Crippen LogP contribution in [0.3, 0.4) is 0 Å². The Balaban J connectivity index is 1.86. The Bertz CT molecular complexity index is 750. The fourth-order valence-corrected chi connectivity index (χ4v) is 3.65. The number of hydrogen-bond donors (Lipinski definition) is 1. The standard InChI is InChI=1S/C18H21N3OS/c1-13-15(18(22-3)21(2)20-13)12-19-17(16-10-7-11-23-16)14-8-5-4-6-9-14/h4-11,17,19H,12H2,1-3H3/t17-/m0/s1. The molecule has 0 saturated carbocycles. The van der Waals surface area contributed by atoms with Crippen LogP contribution < -0.4 is 10.1 Å². The van der Waals surface area contributed by atoms with Crippen molar-refractivity contribution in [1.82, 2.24) is 15.1 Å².